The SMILES string of the molecule is c1cnc2c(c1)oc1nc(-c3nnc4c(n3)oc3ncnnc34)nnc12. The van der Waals surface area contributed by atoms with Gasteiger partial charge in [-0.05, 0) is 12.1 Å². The molecule has 0 aromatic carbocycles. The number of aromatic nitrogens is 10. The van der Waals surface area contributed by atoms with Crippen molar-refractivity contribution in [2.45, 2.75) is 0 Å². The number of furan rings is 2. The maximum Gasteiger partial charge on any atom is 0.254 e. The zero-order valence-corrected chi connectivity index (χ0v) is 12.6. The normalized spacial score (nSPS) is 11.8. The Morgan fingerprint density at radius 2 is 1.38 bits per heavy atom. The first-order chi connectivity index (χ1) is 12.9. The van der Waals surface area contributed by atoms with Gasteiger partial charge in [0.2, 0.25) is 11.6 Å². The first kappa shape index (κ1) is 13.1. The van der Waals surface area contributed by atoms with E-state index in [1.807, 2.05) is 0 Å². The number of hydrogen-bond acceptors (Lipinski definition) is 12. The van der Waals surface area contributed by atoms with Gasteiger partial charge in [0, 0.05) is 6.20 Å². The minimum absolute atomic E-state index is 0.132. The number of rotatable bonds is 1. The molecule has 12 heteroatoms. The van der Waals surface area contributed by atoms with Crippen LogP contribution in [0, 0.1) is 0 Å². The van der Waals surface area contributed by atoms with E-state index in [0.717, 1.165) is 0 Å². The zero-order chi connectivity index (χ0) is 17.1. The van der Waals surface area contributed by atoms with Gasteiger partial charge in [0.1, 0.15) is 11.8 Å². The maximum absolute atomic E-state index is 5.65. The second-order valence-electron chi connectivity index (χ2n) is 5.25. The van der Waals surface area contributed by atoms with E-state index in [0.29, 0.717) is 27.6 Å². The Labute approximate surface area is 141 Å². The Morgan fingerprint density at radius 3 is 2.23 bits per heavy atom. The summed E-state index contributed by atoms with van der Waals surface area (Å²) in [6.07, 6.45) is 2.92. The van der Waals surface area contributed by atoms with Crippen molar-refractivity contribution >= 4 is 44.8 Å². The Hall–Kier alpha value is -4.22. The summed E-state index contributed by atoms with van der Waals surface area (Å²) in [5.41, 5.74) is 3.10. The predicted octanol–water partition coefficient (Wildman–Crippen LogP) is 1.10. The Morgan fingerprint density at radius 1 is 0.654 bits per heavy atom. The molecule has 6 aromatic heterocycles. The van der Waals surface area contributed by atoms with Crippen LogP contribution >= 0.6 is 0 Å². The fourth-order valence-corrected chi connectivity index (χ4v) is 2.59. The second-order valence-corrected chi connectivity index (χ2v) is 5.25. The van der Waals surface area contributed by atoms with Gasteiger partial charge in [-0.15, -0.1) is 30.6 Å². The first-order valence-electron chi connectivity index (χ1n) is 7.36. The molecular formula is C14H4N10O2. The predicted molar refractivity (Wildman–Crippen MR) is 84.4 cm³/mol. The van der Waals surface area contributed by atoms with Crippen LogP contribution < -0.4 is 0 Å². The van der Waals surface area contributed by atoms with Crippen molar-refractivity contribution in [2.24, 2.45) is 0 Å². The third-order valence-electron chi connectivity index (χ3n) is 3.72. The molecule has 26 heavy (non-hydrogen) atoms. The molecule has 0 saturated carbocycles. The molecule has 0 N–H and O–H groups in total. The summed E-state index contributed by atoms with van der Waals surface area (Å²) < 4.78 is 11.2. The summed E-state index contributed by atoms with van der Waals surface area (Å²) in [6.45, 7) is 0. The number of nitrogens with zero attached hydrogens (tertiary/aromatic N) is 10. The Bertz CT molecular complexity index is 1340. The minimum Gasteiger partial charge on any atom is -0.434 e. The molecular weight excluding hydrogens is 340 g/mol. The average Bonchev–Trinajstić information content (AvgIpc) is 3.24. The Kier molecular flexibility index (Phi) is 2.35. The van der Waals surface area contributed by atoms with E-state index in [1.54, 1.807) is 18.3 Å². The third-order valence-corrected chi connectivity index (χ3v) is 3.72. The molecule has 6 heterocycles. The van der Waals surface area contributed by atoms with Crippen molar-refractivity contribution in [1.82, 2.24) is 50.5 Å². The van der Waals surface area contributed by atoms with Crippen LogP contribution in [-0.4, -0.2) is 50.5 Å². The first-order valence-corrected chi connectivity index (χ1v) is 7.36. The topological polar surface area (TPSA) is 155 Å². The van der Waals surface area contributed by atoms with Crippen molar-refractivity contribution in [3.63, 3.8) is 0 Å². The third kappa shape index (κ3) is 1.71. The molecule has 0 bridgehead atoms. The molecule has 12 nitrogen and oxygen atoms in total. The van der Waals surface area contributed by atoms with Crippen LogP contribution in [-0.2, 0) is 0 Å². The lowest BCUT2D eigenvalue weighted by molar-refractivity contribution is 0.633. The summed E-state index contributed by atoms with van der Waals surface area (Å²) in [6, 6.07) is 3.54. The number of hydrogen-bond donors (Lipinski definition) is 0. The van der Waals surface area contributed by atoms with Crippen molar-refractivity contribution in [3.8, 4) is 11.6 Å². The van der Waals surface area contributed by atoms with E-state index in [9.17, 15) is 0 Å². The van der Waals surface area contributed by atoms with Crippen molar-refractivity contribution in [2.75, 3.05) is 0 Å². The van der Waals surface area contributed by atoms with E-state index in [2.05, 4.69) is 50.5 Å². The lowest BCUT2D eigenvalue weighted by atomic mass is 10.4. The van der Waals surface area contributed by atoms with Crippen LogP contribution in [0.15, 0.2) is 33.5 Å². The van der Waals surface area contributed by atoms with E-state index in [1.165, 1.54) is 6.33 Å². The molecule has 122 valence electrons. The highest BCUT2D eigenvalue weighted by atomic mass is 16.4. The van der Waals surface area contributed by atoms with Gasteiger partial charge in [-0.2, -0.15) is 15.0 Å². The number of fused-ring (bicyclic) bond motifs is 6. The largest absolute Gasteiger partial charge is 0.434 e. The molecule has 6 aromatic rings. The average molecular weight is 344 g/mol. The molecule has 0 spiro atoms. The summed E-state index contributed by atoms with van der Waals surface area (Å²) in [7, 11) is 0. The van der Waals surface area contributed by atoms with Crippen molar-refractivity contribution in [3.05, 3.63) is 24.7 Å². The fourth-order valence-electron chi connectivity index (χ4n) is 2.59. The van der Waals surface area contributed by atoms with Gasteiger partial charge < -0.3 is 8.83 Å². The Balaban J connectivity index is 1.57. The van der Waals surface area contributed by atoms with Gasteiger partial charge in [0.05, 0.1) is 0 Å². The maximum atomic E-state index is 5.65. The zero-order valence-electron chi connectivity index (χ0n) is 12.6. The van der Waals surface area contributed by atoms with Gasteiger partial charge >= 0.3 is 0 Å². The molecule has 6 rings (SSSR count). The van der Waals surface area contributed by atoms with Gasteiger partial charge in [0.25, 0.3) is 17.1 Å². The fraction of sp³-hybridized carbons (Fsp3) is 0. The van der Waals surface area contributed by atoms with Gasteiger partial charge in [-0.1, -0.05) is 0 Å². The summed E-state index contributed by atoms with van der Waals surface area (Å²) in [4.78, 5) is 16.8. The second kappa shape index (κ2) is 4.66. The lowest BCUT2D eigenvalue weighted by Crippen LogP contribution is -1.99. The van der Waals surface area contributed by atoms with Crippen molar-refractivity contribution < 1.29 is 8.83 Å². The molecule has 0 atom stereocenters. The van der Waals surface area contributed by atoms with Gasteiger partial charge in [-0.3, -0.25) is 4.98 Å². The smallest absolute Gasteiger partial charge is 0.254 e. The molecule has 0 amide bonds. The molecule has 0 unspecified atom stereocenters. The highest BCUT2D eigenvalue weighted by Gasteiger charge is 2.18. The van der Waals surface area contributed by atoms with Crippen molar-refractivity contribution in [1.29, 1.82) is 0 Å². The van der Waals surface area contributed by atoms with E-state index in [-0.39, 0.29) is 28.8 Å². The monoisotopic (exact) mass is 344 g/mol. The van der Waals surface area contributed by atoms with E-state index < -0.39 is 0 Å². The van der Waals surface area contributed by atoms with Gasteiger partial charge in [-0.25, -0.2) is 0 Å². The van der Waals surface area contributed by atoms with Crippen LogP contribution in [0.1, 0.15) is 0 Å². The quantitative estimate of drug-likeness (QED) is 0.419. The highest BCUT2D eigenvalue weighted by molar-refractivity contribution is 5.98. The van der Waals surface area contributed by atoms with E-state index in [4.69, 9.17) is 8.83 Å². The highest BCUT2D eigenvalue weighted by Crippen LogP contribution is 2.25. The molecule has 0 radical (unpaired) electrons. The molecule has 0 aliphatic carbocycles. The molecule has 0 aliphatic rings. The van der Waals surface area contributed by atoms with Gasteiger partial charge in [0.15, 0.2) is 22.1 Å². The van der Waals surface area contributed by atoms with Crippen LogP contribution in [0.5, 0.6) is 0 Å². The van der Waals surface area contributed by atoms with Crippen LogP contribution in [0.2, 0.25) is 0 Å². The van der Waals surface area contributed by atoms with Crippen LogP contribution in [0.25, 0.3) is 56.4 Å². The summed E-state index contributed by atoms with van der Waals surface area (Å²) in [5, 5.41) is 23.9. The molecule has 0 fully saturated rings. The summed E-state index contributed by atoms with van der Waals surface area (Å²) in [5.74, 6) is 0.276. The van der Waals surface area contributed by atoms with Crippen LogP contribution in [0.4, 0.5) is 0 Å². The van der Waals surface area contributed by atoms with Crippen LogP contribution in [0.3, 0.4) is 0 Å². The lowest BCUT2D eigenvalue weighted by Gasteiger charge is -1.95. The molecule has 0 saturated heterocycles. The standard InChI is InChI=1S/C14H4N10O2/c1-2-5-6(15-3-1)7-13(25-5)18-10(23-21-7)11-19-14-9(22-24-11)8-12(26-14)16-4-17-20-8/h1-4H. The summed E-state index contributed by atoms with van der Waals surface area (Å²) >= 11 is 0. The molecule has 0 aliphatic heterocycles. The number of pyridine rings is 1. The minimum atomic E-state index is 0.132. The van der Waals surface area contributed by atoms with E-state index >= 15 is 0 Å².